The molecule has 3 nitrogen and oxygen atoms in total. The van der Waals surface area contributed by atoms with Crippen molar-refractivity contribution in [3.05, 3.63) is 45.7 Å². The van der Waals surface area contributed by atoms with Crippen molar-refractivity contribution < 1.29 is 9.13 Å². The van der Waals surface area contributed by atoms with Crippen molar-refractivity contribution in [1.82, 2.24) is 0 Å². The Morgan fingerprint density at radius 1 is 1.25 bits per heavy atom. The molecule has 2 N–H and O–H groups in total. The van der Waals surface area contributed by atoms with Gasteiger partial charge in [0.25, 0.3) is 0 Å². The van der Waals surface area contributed by atoms with Gasteiger partial charge in [0.05, 0.1) is 5.60 Å². The van der Waals surface area contributed by atoms with Gasteiger partial charge >= 0.3 is 0 Å². The van der Waals surface area contributed by atoms with Crippen LogP contribution in [-0.4, -0.2) is 18.5 Å². The monoisotopic (exact) mass is 392 g/mol. The SMILES string of the molecule is COC1(C)CCC2(CC1)Cc1ccc(Br)cc1C21C=C(F)C(N)=N1. The second-order valence-corrected chi connectivity index (χ2v) is 8.58. The number of ether oxygens (including phenoxy) is 1. The largest absolute Gasteiger partial charge is 0.382 e. The van der Waals surface area contributed by atoms with Crippen molar-refractivity contribution in [2.24, 2.45) is 16.1 Å². The van der Waals surface area contributed by atoms with Crippen molar-refractivity contribution in [1.29, 1.82) is 0 Å². The van der Waals surface area contributed by atoms with Crippen LogP contribution in [0.4, 0.5) is 4.39 Å². The highest BCUT2D eigenvalue weighted by Gasteiger charge is 2.60. The quantitative estimate of drug-likeness (QED) is 0.769. The van der Waals surface area contributed by atoms with Crippen molar-refractivity contribution in [2.75, 3.05) is 7.11 Å². The summed E-state index contributed by atoms with van der Waals surface area (Å²) in [7, 11) is 1.78. The van der Waals surface area contributed by atoms with Gasteiger partial charge in [-0.05, 0) is 68.4 Å². The number of hydrogen-bond acceptors (Lipinski definition) is 3. The van der Waals surface area contributed by atoms with Gasteiger partial charge in [0.2, 0.25) is 0 Å². The maximum absolute atomic E-state index is 14.3. The van der Waals surface area contributed by atoms with Crippen molar-refractivity contribution >= 4 is 21.8 Å². The van der Waals surface area contributed by atoms with Gasteiger partial charge in [-0.25, -0.2) is 9.38 Å². The molecule has 128 valence electrons. The molecule has 1 aliphatic heterocycles. The standard InChI is InChI=1S/C19H22BrFN2O/c1-17(24-2)5-7-18(8-6-17)10-12-3-4-13(20)9-14(12)19(18)11-15(21)16(22)23-19/h3-4,9,11H,5-8,10H2,1-2H3,(H2,22,23). The second-order valence-electron chi connectivity index (χ2n) is 7.67. The van der Waals surface area contributed by atoms with Crippen LogP contribution in [0.5, 0.6) is 0 Å². The van der Waals surface area contributed by atoms with Crippen molar-refractivity contribution in [3.8, 4) is 0 Å². The summed E-state index contributed by atoms with van der Waals surface area (Å²) in [6, 6.07) is 6.27. The Morgan fingerprint density at radius 2 is 1.96 bits per heavy atom. The molecule has 1 atom stereocenters. The predicted octanol–water partition coefficient (Wildman–Crippen LogP) is 4.39. The number of hydrogen-bond donors (Lipinski definition) is 1. The topological polar surface area (TPSA) is 47.6 Å². The predicted molar refractivity (Wildman–Crippen MR) is 96.7 cm³/mol. The fraction of sp³-hybridized carbons (Fsp3) is 0.526. The van der Waals surface area contributed by atoms with Gasteiger partial charge in [0.15, 0.2) is 11.7 Å². The number of methoxy groups -OCH3 is 1. The third-order valence-electron chi connectivity index (χ3n) is 6.45. The van der Waals surface area contributed by atoms with Crippen LogP contribution in [0.3, 0.4) is 0 Å². The maximum atomic E-state index is 14.3. The molecular weight excluding hydrogens is 371 g/mol. The number of nitrogens with zero attached hydrogens (tertiary/aromatic N) is 1. The highest BCUT2D eigenvalue weighted by atomic mass is 79.9. The molecule has 1 saturated carbocycles. The van der Waals surface area contributed by atoms with Crippen LogP contribution in [0.15, 0.2) is 39.6 Å². The van der Waals surface area contributed by atoms with Gasteiger partial charge in [0, 0.05) is 17.0 Å². The Bertz CT molecular complexity index is 745. The first-order chi connectivity index (χ1) is 11.3. The molecule has 0 radical (unpaired) electrons. The normalized spacial score (nSPS) is 37.7. The zero-order valence-electron chi connectivity index (χ0n) is 14.0. The van der Waals surface area contributed by atoms with Gasteiger partial charge in [-0.15, -0.1) is 0 Å². The fourth-order valence-corrected chi connectivity index (χ4v) is 5.17. The molecule has 0 aromatic heterocycles. The number of rotatable bonds is 1. The summed E-state index contributed by atoms with van der Waals surface area (Å²) in [4.78, 5) is 4.70. The van der Waals surface area contributed by atoms with E-state index in [1.807, 2.05) is 0 Å². The zero-order valence-corrected chi connectivity index (χ0v) is 15.6. The molecule has 4 rings (SSSR count). The van der Waals surface area contributed by atoms with Gasteiger partial charge in [-0.1, -0.05) is 22.0 Å². The second kappa shape index (κ2) is 5.15. The lowest BCUT2D eigenvalue weighted by Gasteiger charge is -2.48. The molecule has 2 aliphatic carbocycles. The highest BCUT2D eigenvalue weighted by molar-refractivity contribution is 9.10. The first-order valence-corrected chi connectivity index (χ1v) is 9.21. The van der Waals surface area contributed by atoms with E-state index in [1.165, 1.54) is 5.56 Å². The highest BCUT2D eigenvalue weighted by Crippen LogP contribution is 2.63. The summed E-state index contributed by atoms with van der Waals surface area (Å²) in [5, 5.41) is 0. The Morgan fingerprint density at radius 3 is 2.54 bits per heavy atom. The minimum Gasteiger partial charge on any atom is -0.382 e. The van der Waals surface area contributed by atoms with E-state index in [4.69, 9.17) is 15.5 Å². The van der Waals surface area contributed by atoms with Gasteiger partial charge in [-0.3, -0.25) is 0 Å². The molecule has 0 saturated heterocycles. The lowest BCUT2D eigenvalue weighted by atomic mass is 9.60. The fourth-order valence-electron chi connectivity index (χ4n) is 4.80. The minimum atomic E-state index is -0.671. The average molecular weight is 393 g/mol. The van der Waals surface area contributed by atoms with E-state index in [9.17, 15) is 4.39 Å². The molecule has 24 heavy (non-hydrogen) atoms. The third kappa shape index (κ3) is 2.07. The number of halogens is 2. The van der Waals surface area contributed by atoms with Gasteiger partial charge < -0.3 is 10.5 Å². The summed E-state index contributed by atoms with van der Waals surface area (Å²) in [5.74, 6) is -0.357. The van der Waals surface area contributed by atoms with E-state index in [0.29, 0.717) is 0 Å². The van der Waals surface area contributed by atoms with E-state index in [2.05, 4.69) is 41.1 Å². The minimum absolute atomic E-state index is 0.0299. The summed E-state index contributed by atoms with van der Waals surface area (Å²) < 4.78 is 21.0. The van der Waals surface area contributed by atoms with Crippen molar-refractivity contribution in [3.63, 3.8) is 0 Å². The molecular formula is C19H22BrFN2O. The van der Waals surface area contributed by atoms with E-state index in [0.717, 1.165) is 42.1 Å². The van der Waals surface area contributed by atoms with Crippen LogP contribution in [0, 0.1) is 5.41 Å². The smallest absolute Gasteiger partial charge is 0.163 e. The number of benzene rings is 1. The molecule has 5 heteroatoms. The number of aliphatic imine (C=N–C) groups is 1. The molecule has 3 aliphatic rings. The van der Waals surface area contributed by atoms with Crippen LogP contribution in [0.25, 0.3) is 0 Å². The molecule has 2 spiro atoms. The molecule has 1 aromatic carbocycles. The van der Waals surface area contributed by atoms with Crippen LogP contribution in [-0.2, 0) is 16.7 Å². The maximum Gasteiger partial charge on any atom is 0.163 e. The van der Waals surface area contributed by atoms with Crippen LogP contribution in [0.1, 0.15) is 43.7 Å². The summed E-state index contributed by atoms with van der Waals surface area (Å²) in [6.07, 6.45) is 6.37. The lowest BCUT2D eigenvalue weighted by Crippen LogP contribution is -2.46. The third-order valence-corrected chi connectivity index (χ3v) is 6.95. The van der Waals surface area contributed by atoms with Crippen LogP contribution in [0.2, 0.25) is 0 Å². The average Bonchev–Trinajstić information content (AvgIpc) is 3.00. The molecule has 1 fully saturated rings. The Labute approximate surface area is 150 Å². The first-order valence-electron chi connectivity index (χ1n) is 8.41. The number of fused-ring (bicyclic) bond motifs is 3. The number of amidine groups is 1. The van der Waals surface area contributed by atoms with Crippen molar-refractivity contribution in [2.45, 2.75) is 50.2 Å². The Hall–Kier alpha value is -1.20. The summed E-state index contributed by atoms with van der Waals surface area (Å²) in [6.45, 7) is 2.16. The van der Waals surface area contributed by atoms with Crippen LogP contribution >= 0.6 is 15.9 Å². The number of nitrogens with two attached hydrogens (primary N) is 1. The van der Waals surface area contributed by atoms with Gasteiger partial charge in [0.1, 0.15) is 5.54 Å². The van der Waals surface area contributed by atoms with Crippen LogP contribution < -0.4 is 5.73 Å². The molecule has 1 unspecified atom stereocenters. The van der Waals surface area contributed by atoms with E-state index >= 15 is 0 Å². The summed E-state index contributed by atoms with van der Waals surface area (Å²) >= 11 is 3.55. The lowest BCUT2D eigenvalue weighted by molar-refractivity contribution is -0.0635. The van der Waals surface area contributed by atoms with E-state index < -0.39 is 5.54 Å². The van der Waals surface area contributed by atoms with E-state index in [1.54, 1.807) is 13.2 Å². The molecule has 1 heterocycles. The first kappa shape index (κ1) is 16.3. The molecule has 1 aromatic rings. The Balaban J connectivity index is 1.85. The molecule has 0 amide bonds. The van der Waals surface area contributed by atoms with E-state index in [-0.39, 0.29) is 22.7 Å². The van der Waals surface area contributed by atoms with Gasteiger partial charge in [-0.2, -0.15) is 0 Å². The zero-order chi connectivity index (χ0) is 17.2. The Kier molecular flexibility index (Phi) is 3.49. The summed E-state index contributed by atoms with van der Waals surface area (Å²) in [5.41, 5.74) is 7.32. The molecule has 0 bridgehead atoms.